The molecule has 5 nitrogen and oxygen atoms in total. The molecule has 0 unspecified atom stereocenters. The number of methoxy groups -OCH3 is 1. The van der Waals surface area contributed by atoms with Gasteiger partial charge in [-0.05, 0) is 61.3 Å². The lowest BCUT2D eigenvalue weighted by Gasteiger charge is -2.31. The third-order valence-corrected chi connectivity index (χ3v) is 5.15. The van der Waals surface area contributed by atoms with Gasteiger partial charge in [0.1, 0.15) is 5.75 Å². The Kier molecular flexibility index (Phi) is 4.97. The Balaban J connectivity index is 1.36. The monoisotopic (exact) mass is 348 g/mol. The SMILES string of the molecule is COc1ccc(C2CCN(Cc3cccc(-c4ccn[nH]4)c3)CC2)nc1. The van der Waals surface area contributed by atoms with Crippen molar-refractivity contribution < 1.29 is 4.74 Å². The van der Waals surface area contributed by atoms with E-state index in [0.29, 0.717) is 5.92 Å². The van der Waals surface area contributed by atoms with Crippen LogP contribution in [0.2, 0.25) is 0 Å². The fourth-order valence-corrected chi connectivity index (χ4v) is 3.65. The number of aromatic amines is 1. The molecule has 26 heavy (non-hydrogen) atoms. The zero-order valence-electron chi connectivity index (χ0n) is 15.1. The second-order valence-electron chi connectivity index (χ2n) is 6.84. The van der Waals surface area contributed by atoms with Gasteiger partial charge in [-0.15, -0.1) is 0 Å². The number of benzene rings is 1. The van der Waals surface area contributed by atoms with Crippen LogP contribution in [0.5, 0.6) is 5.75 Å². The van der Waals surface area contributed by atoms with Gasteiger partial charge in [-0.25, -0.2) is 0 Å². The summed E-state index contributed by atoms with van der Waals surface area (Å²) >= 11 is 0. The Morgan fingerprint density at radius 2 is 2.04 bits per heavy atom. The van der Waals surface area contributed by atoms with Crippen LogP contribution in [-0.2, 0) is 6.54 Å². The highest BCUT2D eigenvalue weighted by atomic mass is 16.5. The van der Waals surface area contributed by atoms with Crippen LogP contribution in [-0.4, -0.2) is 40.3 Å². The van der Waals surface area contributed by atoms with E-state index in [1.54, 1.807) is 13.3 Å². The highest BCUT2D eigenvalue weighted by molar-refractivity contribution is 5.59. The lowest BCUT2D eigenvalue weighted by Crippen LogP contribution is -2.32. The summed E-state index contributed by atoms with van der Waals surface area (Å²) < 4.78 is 5.20. The Morgan fingerprint density at radius 3 is 2.73 bits per heavy atom. The quantitative estimate of drug-likeness (QED) is 0.761. The van der Waals surface area contributed by atoms with Crippen LogP contribution in [0, 0.1) is 0 Å². The van der Waals surface area contributed by atoms with E-state index in [0.717, 1.165) is 43.9 Å². The molecule has 3 heterocycles. The van der Waals surface area contributed by atoms with E-state index in [4.69, 9.17) is 4.74 Å². The lowest BCUT2D eigenvalue weighted by atomic mass is 9.92. The van der Waals surface area contributed by atoms with Crippen LogP contribution in [0.25, 0.3) is 11.3 Å². The lowest BCUT2D eigenvalue weighted by molar-refractivity contribution is 0.203. The molecule has 0 saturated carbocycles. The summed E-state index contributed by atoms with van der Waals surface area (Å²) in [6.45, 7) is 3.20. The summed E-state index contributed by atoms with van der Waals surface area (Å²) in [5, 5.41) is 7.08. The molecule has 2 aromatic heterocycles. The zero-order valence-corrected chi connectivity index (χ0v) is 15.1. The highest BCUT2D eigenvalue weighted by Gasteiger charge is 2.21. The van der Waals surface area contributed by atoms with Crippen molar-refractivity contribution in [2.45, 2.75) is 25.3 Å². The summed E-state index contributed by atoms with van der Waals surface area (Å²) in [5.74, 6) is 1.37. The number of likely N-dealkylation sites (tertiary alicyclic amines) is 1. The van der Waals surface area contributed by atoms with Gasteiger partial charge < -0.3 is 4.74 Å². The molecule has 0 radical (unpaired) electrons. The maximum atomic E-state index is 5.20. The van der Waals surface area contributed by atoms with Crippen molar-refractivity contribution in [3.63, 3.8) is 0 Å². The number of rotatable bonds is 5. The fourth-order valence-electron chi connectivity index (χ4n) is 3.65. The first-order chi connectivity index (χ1) is 12.8. The maximum Gasteiger partial charge on any atom is 0.137 e. The second kappa shape index (κ2) is 7.70. The maximum absolute atomic E-state index is 5.20. The topological polar surface area (TPSA) is 54.0 Å². The molecule has 0 amide bonds. The van der Waals surface area contributed by atoms with E-state index in [1.165, 1.54) is 16.8 Å². The molecular formula is C21H24N4O. The van der Waals surface area contributed by atoms with E-state index >= 15 is 0 Å². The Morgan fingerprint density at radius 1 is 1.15 bits per heavy atom. The van der Waals surface area contributed by atoms with Crippen molar-refractivity contribution in [3.05, 3.63) is 66.1 Å². The van der Waals surface area contributed by atoms with Gasteiger partial charge in [-0.3, -0.25) is 15.0 Å². The summed E-state index contributed by atoms with van der Waals surface area (Å²) in [4.78, 5) is 7.10. The number of ether oxygens (including phenoxy) is 1. The minimum Gasteiger partial charge on any atom is -0.495 e. The van der Waals surface area contributed by atoms with Crippen molar-refractivity contribution in [1.29, 1.82) is 0 Å². The molecule has 0 bridgehead atoms. The molecule has 1 aliphatic rings. The Hall–Kier alpha value is -2.66. The van der Waals surface area contributed by atoms with E-state index in [-0.39, 0.29) is 0 Å². The minimum absolute atomic E-state index is 0.550. The van der Waals surface area contributed by atoms with E-state index in [9.17, 15) is 0 Å². The number of aromatic nitrogens is 3. The molecule has 3 aromatic rings. The van der Waals surface area contributed by atoms with E-state index in [1.807, 2.05) is 18.3 Å². The van der Waals surface area contributed by atoms with Crippen LogP contribution < -0.4 is 4.74 Å². The number of nitrogens with one attached hydrogen (secondary N) is 1. The van der Waals surface area contributed by atoms with Crippen LogP contribution in [0.1, 0.15) is 30.0 Å². The summed E-state index contributed by atoms with van der Waals surface area (Å²) in [5.41, 5.74) is 4.79. The average Bonchev–Trinajstić information content (AvgIpc) is 3.24. The fraction of sp³-hybridized carbons (Fsp3) is 0.333. The van der Waals surface area contributed by atoms with Crippen LogP contribution in [0.15, 0.2) is 54.9 Å². The molecule has 1 aromatic carbocycles. The molecule has 0 aliphatic carbocycles. The number of hydrogen-bond acceptors (Lipinski definition) is 4. The highest BCUT2D eigenvalue weighted by Crippen LogP contribution is 2.28. The van der Waals surface area contributed by atoms with Crippen LogP contribution in [0.3, 0.4) is 0 Å². The Labute approximate surface area is 154 Å². The van der Waals surface area contributed by atoms with Gasteiger partial charge in [0.15, 0.2) is 0 Å². The van der Waals surface area contributed by atoms with Crippen LogP contribution >= 0.6 is 0 Å². The molecule has 134 valence electrons. The summed E-state index contributed by atoms with van der Waals surface area (Å²) in [6.07, 6.45) is 5.92. The Bertz CT molecular complexity index is 821. The molecule has 1 fully saturated rings. The average molecular weight is 348 g/mol. The first kappa shape index (κ1) is 16.8. The molecule has 5 heteroatoms. The molecule has 4 rings (SSSR count). The molecule has 1 saturated heterocycles. The third-order valence-electron chi connectivity index (χ3n) is 5.15. The number of hydrogen-bond donors (Lipinski definition) is 1. The first-order valence-electron chi connectivity index (χ1n) is 9.13. The van der Waals surface area contributed by atoms with Gasteiger partial charge in [-0.2, -0.15) is 5.10 Å². The second-order valence-corrected chi connectivity index (χ2v) is 6.84. The molecular weight excluding hydrogens is 324 g/mol. The normalized spacial score (nSPS) is 15.9. The van der Waals surface area contributed by atoms with Crippen molar-refractivity contribution >= 4 is 0 Å². The van der Waals surface area contributed by atoms with Crippen LogP contribution in [0.4, 0.5) is 0 Å². The number of nitrogens with zero attached hydrogens (tertiary/aromatic N) is 3. The summed E-state index contributed by atoms with van der Waals surface area (Å²) in [7, 11) is 1.68. The minimum atomic E-state index is 0.550. The molecule has 0 atom stereocenters. The molecule has 1 aliphatic heterocycles. The van der Waals surface area contributed by atoms with Gasteiger partial charge in [0.2, 0.25) is 0 Å². The van der Waals surface area contributed by atoms with Crippen molar-refractivity contribution in [3.8, 4) is 17.0 Å². The van der Waals surface area contributed by atoms with Gasteiger partial charge >= 0.3 is 0 Å². The zero-order chi connectivity index (χ0) is 17.8. The third kappa shape index (κ3) is 3.78. The first-order valence-corrected chi connectivity index (χ1v) is 9.13. The van der Waals surface area contributed by atoms with E-state index in [2.05, 4.69) is 50.4 Å². The number of H-pyrrole nitrogens is 1. The van der Waals surface area contributed by atoms with Gasteiger partial charge in [0, 0.05) is 24.4 Å². The van der Waals surface area contributed by atoms with Gasteiger partial charge in [-0.1, -0.05) is 18.2 Å². The predicted molar refractivity (Wildman–Crippen MR) is 102 cm³/mol. The van der Waals surface area contributed by atoms with Crippen molar-refractivity contribution in [1.82, 2.24) is 20.1 Å². The molecule has 1 N–H and O–H groups in total. The largest absolute Gasteiger partial charge is 0.495 e. The smallest absolute Gasteiger partial charge is 0.137 e. The van der Waals surface area contributed by atoms with Gasteiger partial charge in [0.05, 0.1) is 19.0 Å². The number of pyridine rings is 1. The number of piperidine rings is 1. The summed E-state index contributed by atoms with van der Waals surface area (Å²) in [6, 6.07) is 14.8. The predicted octanol–water partition coefficient (Wildman–Crippen LogP) is 3.86. The molecule has 0 spiro atoms. The van der Waals surface area contributed by atoms with Crippen molar-refractivity contribution in [2.75, 3.05) is 20.2 Å². The van der Waals surface area contributed by atoms with Gasteiger partial charge in [0.25, 0.3) is 0 Å². The standard InChI is InChI=1S/C21H24N4O/c1-26-19-5-6-20(22-14-19)17-8-11-25(12-9-17)15-16-3-2-4-18(13-16)21-7-10-23-24-21/h2-7,10,13-14,17H,8-9,11-12,15H2,1H3,(H,23,24). The van der Waals surface area contributed by atoms with E-state index < -0.39 is 0 Å². The van der Waals surface area contributed by atoms with Crippen molar-refractivity contribution in [2.24, 2.45) is 0 Å².